The summed E-state index contributed by atoms with van der Waals surface area (Å²) in [5, 5.41) is 6.05. The third-order valence-corrected chi connectivity index (χ3v) is 3.91. The number of aromatic nitrogens is 1. The SMILES string of the molecule is O=C(Nc1cccc(CNc2cncc(Br)c2)c1)c1cccc(F)c1. The van der Waals surface area contributed by atoms with E-state index in [4.69, 9.17) is 0 Å². The molecule has 4 nitrogen and oxygen atoms in total. The predicted octanol–water partition coefficient (Wildman–Crippen LogP) is 4.85. The van der Waals surface area contributed by atoms with E-state index < -0.39 is 5.82 Å². The molecule has 126 valence electrons. The summed E-state index contributed by atoms with van der Waals surface area (Å²) in [6.07, 6.45) is 3.45. The maximum atomic E-state index is 13.2. The van der Waals surface area contributed by atoms with Crippen molar-refractivity contribution in [3.05, 3.63) is 88.4 Å². The van der Waals surface area contributed by atoms with Crippen molar-refractivity contribution in [2.45, 2.75) is 6.54 Å². The highest BCUT2D eigenvalue weighted by Gasteiger charge is 2.07. The Hall–Kier alpha value is -2.73. The number of anilines is 2. The highest BCUT2D eigenvalue weighted by atomic mass is 79.9. The molecule has 0 radical (unpaired) electrons. The molecular formula is C19H15BrFN3O. The van der Waals surface area contributed by atoms with Gasteiger partial charge in [0.2, 0.25) is 0 Å². The molecule has 0 fully saturated rings. The summed E-state index contributed by atoms with van der Waals surface area (Å²) in [6, 6.07) is 15.0. The number of nitrogens with one attached hydrogen (secondary N) is 2. The Bertz CT molecular complexity index is 901. The number of carbonyl (C=O) groups excluding carboxylic acids is 1. The van der Waals surface area contributed by atoms with Crippen LogP contribution in [0, 0.1) is 5.82 Å². The maximum absolute atomic E-state index is 13.2. The summed E-state index contributed by atoms with van der Waals surface area (Å²) >= 11 is 3.38. The quantitative estimate of drug-likeness (QED) is 0.644. The summed E-state index contributed by atoms with van der Waals surface area (Å²) in [6.45, 7) is 0.585. The minimum absolute atomic E-state index is 0.281. The lowest BCUT2D eigenvalue weighted by atomic mass is 10.1. The molecule has 0 spiro atoms. The third-order valence-electron chi connectivity index (χ3n) is 3.47. The van der Waals surface area contributed by atoms with Crippen molar-refractivity contribution in [2.24, 2.45) is 0 Å². The van der Waals surface area contributed by atoms with E-state index in [1.54, 1.807) is 24.5 Å². The van der Waals surface area contributed by atoms with Crippen LogP contribution < -0.4 is 10.6 Å². The molecule has 0 saturated carbocycles. The maximum Gasteiger partial charge on any atom is 0.255 e. The van der Waals surface area contributed by atoms with Gasteiger partial charge in [-0.2, -0.15) is 0 Å². The Morgan fingerprint density at radius 3 is 2.68 bits per heavy atom. The van der Waals surface area contributed by atoms with E-state index in [1.165, 1.54) is 18.2 Å². The smallest absolute Gasteiger partial charge is 0.255 e. The van der Waals surface area contributed by atoms with Gasteiger partial charge in [-0.1, -0.05) is 18.2 Å². The first kappa shape index (κ1) is 17.1. The fraction of sp³-hybridized carbons (Fsp3) is 0.0526. The van der Waals surface area contributed by atoms with E-state index in [0.717, 1.165) is 15.7 Å². The minimum atomic E-state index is -0.437. The molecule has 1 amide bonds. The van der Waals surface area contributed by atoms with Crippen molar-refractivity contribution in [3.8, 4) is 0 Å². The van der Waals surface area contributed by atoms with E-state index in [0.29, 0.717) is 12.2 Å². The van der Waals surface area contributed by atoms with E-state index >= 15 is 0 Å². The zero-order valence-electron chi connectivity index (χ0n) is 13.2. The van der Waals surface area contributed by atoms with Gasteiger partial charge in [0.05, 0.1) is 11.9 Å². The molecule has 0 aliphatic rings. The first-order valence-corrected chi connectivity index (χ1v) is 8.40. The average molecular weight is 400 g/mol. The molecule has 1 aromatic heterocycles. The largest absolute Gasteiger partial charge is 0.380 e. The number of amides is 1. The van der Waals surface area contributed by atoms with Crippen LogP contribution in [-0.4, -0.2) is 10.9 Å². The van der Waals surface area contributed by atoms with Crippen LogP contribution in [0.3, 0.4) is 0 Å². The lowest BCUT2D eigenvalue weighted by molar-refractivity contribution is 0.102. The number of halogens is 2. The molecule has 6 heteroatoms. The Kier molecular flexibility index (Phi) is 5.40. The molecule has 0 aliphatic heterocycles. The number of nitrogens with zero attached hydrogens (tertiary/aromatic N) is 1. The minimum Gasteiger partial charge on any atom is -0.380 e. The van der Waals surface area contributed by atoms with Crippen LogP contribution >= 0.6 is 15.9 Å². The van der Waals surface area contributed by atoms with Crippen molar-refractivity contribution in [3.63, 3.8) is 0 Å². The number of hydrogen-bond donors (Lipinski definition) is 2. The van der Waals surface area contributed by atoms with Crippen LogP contribution in [0.25, 0.3) is 0 Å². The first-order valence-electron chi connectivity index (χ1n) is 7.60. The fourth-order valence-corrected chi connectivity index (χ4v) is 2.67. The molecule has 3 aromatic rings. The van der Waals surface area contributed by atoms with Gasteiger partial charge in [-0.3, -0.25) is 9.78 Å². The van der Waals surface area contributed by atoms with Gasteiger partial charge < -0.3 is 10.6 Å². The zero-order chi connectivity index (χ0) is 17.6. The molecule has 1 heterocycles. The molecule has 0 unspecified atom stereocenters. The van der Waals surface area contributed by atoms with E-state index in [2.05, 4.69) is 31.5 Å². The average Bonchev–Trinajstić information content (AvgIpc) is 2.60. The monoisotopic (exact) mass is 399 g/mol. The Morgan fingerprint density at radius 2 is 1.88 bits per heavy atom. The van der Waals surface area contributed by atoms with Crippen LogP contribution in [0.1, 0.15) is 15.9 Å². The van der Waals surface area contributed by atoms with Crippen LogP contribution in [0.5, 0.6) is 0 Å². The topological polar surface area (TPSA) is 54.0 Å². The second kappa shape index (κ2) is 7.90. The van der Waals surface area contributed by atoms with Crippen LogP contribution in [0.15, 0.2) is 71.5 Å². The molecule has 3 rings (SSSR count). The van der Waals surface area contributed by atoms with Crippen molar-refractivity contribution in [1.29, 1.82) is 0 Å². The number of rotatable bonds is 5. The molecule has 0 bridgehead atoms. The second-order valence-corrected chi connectivity index (χ2v) is 6.33. The molecule has 2 N–H and O–H groups in total. The van der Waals surface area contributed by atoms with Gasteiger partial charge in [0.25, 0.3) is 5.91 Å². The molecule has 25 heavy (non-hydrogen) atoms. The van der Waals surface area contributed by atoms with Crippen LogP contribution in [-0.2, 0) is 6.54 Å². The van der Waals surface area contributed by atoms with Crippen LogP contribution in [0.2, 0.25) is 0 Å². The van der Waals surface area contributed by atoms with Gasteiger partial charge in [0.1, 0.15) is 5.82 Å². The van der Waals surface area contributed by atoms with E-state index in [-0.39, 0.29) is 11.5 Å². The lowest BCUT2D eigenvalue weighted by Crippen LogP contribution is -2.12. The zero-order valence-corrected chi connectivity index (χ0v) is 14.8. The third kappa shape index (κ3) is 4.87. The summed E-state index contributed by atoms with van der Waals surface area (Å²) in [5.41, 5.74) is 2.82. The standard InChI is InChI=1S/C19H15BrFN3O/c20-15-9-18(12-22-11-15)23-10-13-3-1-6-17(7-13)24-19(25)14-4-2-5-16(21)8-14/h1-9,11-12,23H,10H2,(H,24,25). The van der Waals surface area contributed by atoms with Crippen molar-refractivity contribution < 1.29 is 9.18 Å². The Labute approximate surface area is 153 Å². The van der Waals surface area contributed by atoms with Crippen molar-refractivity contribution >= 4 is 33.2 Å². The van der Waals surface area contributed by atoms with Gasteiger partial charge in [-0.05, 0) is 57.9 Å². The fourth-order valence-electron chi connectivity index (χ4n) is 2.30. The van der Waals surface area contributed by atoms with Crippen molar-refractivity contribution in [1.82, 2.24) is 4.98 Å². The second-order valence-electron chi connectivity index (χ2n) is 5.41. The van der Waals surface area contributed by atoms with E-state index in [9.17, 15) is 9.18 Å². The van der Waals surface area contributed by atoms with Gasteiger partial charge in [-0.15, -0.1) is 0 Å². The molecule has 2 aromatic carbocycles. The summed E-state index contributed by atoms with van der Waals surface area (Å²) in [5.74, 6) is -0.783. The Balaban J connectivity index is 1.66. The van der Waals surface area contributed by atoms with Crippen LogP contribution in [0.4, 0.5) is 15.8 Å². The summed E-state index contributed by atoms with van der Waals surface area (Å²) in [7, 11) is 0. The van der Waals surface area contributed by atoms with Crippen molar-refractivity contribution in [2.75, 3.05) is 10.6 Å². The van der Waals surface area contributed by atoms with Gasteiger partial charge in [0, 0.05) is 28.5 Å². The van der Waals surface area contributed by atoms with Gasteiger partial charge >= 0.3 is 0 Å². The molecule has 0 atom stereocenters. The highest BCUT2D eigenvalue weighted by Crippen LogP contribution is 2.17. The molecular weight excluding hydrogens is 385 g/mol. The Morgan fingerprint density at radius 1 is 1.04 bits per heavy atom. The number of pyridine rings is 1. The number of benzene rings is 2. The number of hydrogen-bond acceptors (Lipinski definition) is 3. The van der Waals surface area contributed by atoms with Gasteiger partial charge in [-0.25, -0.2) is 4.39 Å². The lowest BCUT2D eigenvalue weighted by Gasteiger charge is -2.09. The molecule has 0 saturated heterocycles. The summed E-state index contributed by atoms with van der Waals surface area (Å²) < 4.78 is 14.1. The first-order chi connectivity index (χ1) is 12.1. The van der Waals surface area contributed by atoms with E-state index in [1.807, 2.05) is 24.3 Å². The number of carbonyl (C=O) groups is 1. The highest BCUT2D eigenvalue weighted by molar-refractivity contribution is 9.10. The molecule has 0 aliphatic carbocycles. The van der Waals surface area contributed by atoms with Gasteiger partial charge in [0.15, 0.2) is 0 Å². The predicted molar refractivity (Wildman–Crippen MR) is 100 cm³/mol. The summed E-state index contributed by atoms with van der Waals surface area (Å²) in [4.78, 5) is 16.3. The normalized spacial score (nSPS) is 10.3.